The number of carbonyl (C=O) groups excluding carboxylic acids is 1. The van der Waals surface area contributed by atoms with Gasteiger partial charge in [0.2, 0.25) is 0 Å². The van der Waals surface area contributed by atoms with Crippen LogP contribution in [0.2, 0.25) is 0 Å². The van der Waals surface area contributed by atoms with E-state index in [2.05, 4.69) is 9.97 Å². The van der Waals surface area contributed by atoms with Crippen molar-refractivity contribution in [3.05, 3.63) is 35.8 Å². The third-order valence-corrected chi connectivity index (χ3v) is 2.82. The summed E-state index contributed by atoms with van der Waals surface area (Å²) in [6.45, 7) is 0. The number of nitrogens with two attached hydrogens (primary N) is 1. The van der Waals surface area contributed by atoms with Crippen molar-refractivity contribution in [2.75, 3.05) is 6.26 Å². The summed E-state index contributed by atoms with van der Waals surface area (Å²) in [4.78, 5) is 18.3. The Bertz CT molecular complexity index is 550. The quantitative estimate of drug-likeness (QED) is 0.820. The lowest BCUT2D eigenvalue weighted by atomic mass is 10.1. The molecule has 17 heavy (non-hydrogen) atoms. The first kappa shape index (κ1) is 11.7. The van der Waals surface area contributed by atoms with E-state index in [-0.39, 0.29) is 11.5 Å². The Kier molecular flexibility index (Phi) is 3.14. The van der Waals surface area contributed by atoms with Crippen LogP contribution >= 0.6 is 11.8 Å². The van der Waals surface area contributed by atoms with Gasteiger partial charge in [-0.15, -0.1) is 0 Å². The second kappa shape index (κ2) is 4.58. The number of amides is 1. The van der Waals surface area contributed by atoms with E-state index < -0.39 is 5.91 Å². The first-order chi connectivity index (χ1) is 8.11. The summed E-state index contributed by atoms with van der Waals surface area (Å²) in [5.41, 5.74) is 6.59. The van der Waals surface area contributed by atoms with Crippen molar-refractivity contribution in [3.63, 3.8) is 0 Å². The third kappa shape index (κ3) is 2.31. The van der Waals surface area contributed by atoms with Gasteiger partial charge in [0.1, 0.15) is 17.2 Å². The van der Waals surface area contributed by atoms with Gasteiger partial charge in [-0.1, -0.05) is 11.8 Å². The molecule has 0 aliphatic heterocycles. The van der Waals surface area contributed by atoms with Gasteiger partial charge in [-0.25, -0.2) is 9.37 Å². The predicted molar refractivity (Wildman–Crippen MR) is 64.3 cm³/mol. The van der Waals surface area contributed by atoms with E-state index in [1.54, 1.807) is 12.1 Å². The highest BCUT2D eigenvalue weighted by atomic mass is 32.2. The number of benzene rings is 1. The largest absolute Gasteiger partial charge is 0.364 e. The molecule has 0 unspecified atom stereocenters. The second-order valence-corrected chi connectivity index (χ2v) is 4.14. The monoisotopic (exact) mass is 251 g/mol. The highest BCUT2D eigenvalue weighted by Gasteiger charge is 2.16. The summed E-state index contributed by atoms with van der Waals surface area (Å²) in [5.74, 6) is -0.924. The fourth-order valence-corrected chi connectivity index (χ4v) is 1.83. The highest BCUT2D eigenvalue weighted by molar-refractivity contribution is 7.98. The van der Waals surface area contributed by atoms with Gasteiger partial charge in [0.15, 0.2) is 5.16 Å². The number of H-pyrrole nitrogens is 1. The van der Waals surface area contributed by atoms with Crippen LogP contribution in [0.5, 0.6) is 0 Å². The number of thioether (sulfide) groups is 1. The number of hydrogen-bond donors (Lipinski definition) is 2. The molecule has 0 fully saturated rings. The maximum atomic E-state index is 12.8. The van der Waals surface area contributed by atoms with Crippen LogP contribution in [0.25, 0.3) is 11.3 Å². The Labute approximate surface area is 101 Å². The van der Waals surface area contributed by atoms with Crippen molar-refractivity contribution < 1.29 is 9.18 Å². The van der Waals surface area contributed by atoms with Crippen LogP contribution in [0.1, 0.15) is 10.5 Å². The molecule has 0 atom stereocenters. The van der Waals surface area contributed by atoms with Gasteiger partial charge in [-0.05, 0) is 30.5 Å². The Morgan fingerprint density at radius 1 is 1.41 bits per heavy atom. The minimum Gasteiger partial charge on any atom is -0.364 e. The van der Waals surface area contributed by atoms with Gasteiger partial charge in [-0.3, -0.25) is 4.79 Å². The molecule has 0 saturated heterocycles. The summed E-state index contributed by atoms with van der Waals surface area (Å²) in [6.07, 6.45) is 1.83. The Morgan fingerprint density at radius 2 is 2.06 bits per heavy atom. The van der Waals surface area contributed by atoms with Gasteiger partial charge in [0.25, 0.3) is 5.91 Å². The number of rotatable bonds is 3. The molecule has 0 aliphatic carbocycles. The molecule has 1 amide bonds. The van der Waals surface area contributed by atoms with E-state index in [0.717, 1.165) is 0 Å². The molecule has 0 bridgehead atoms. The lowest BCUT2D eigenvalue weighted by Gasteiger charge is -1.98. The fourth-order valence-electron chi connectivity index (χ4n) is 1.44. The average molecular weight is 251 g/mol. The smallest absolute Gasteiger partial charge is 0.267 e. The molecule has 1 aromatic heterocycles. The van der Waals surface area contributed by atoms with E-state index in [9.17, 15) is 9.18 Å². The van der Waals surface area contributed by atoms with Crippen LogP contribution in [-0.4, -0.2) is 22.1 Å². The lowest BCUT2D eigenvalue weighted by Crippen LogP contribution is -2.12. The standard InChI is InChI=1S/C11H10FN3OS/c1-17-11-14-8(9(15-11)10(13)16)6-2-4-7(12)5-3-6/h2-5H,1H3,(H2,13,16)(H,14,15). The van der Waals surface area contributed by atoms with Gasteiger partial charge >= 0.3 is 0 Å². The van der Waals surface area contributed by atoms with E-state index in [4.69, 9.17) is 5.73 Å². The van der Waals surface area contributed by atoms with Crippen molar-refractivity contribution in [1.82, 2.24) is 9.97 Å². The summed E-state index contributed by atoms with van der Waals surface area (Å²) >= 11 is 1.37. The van der Waals surface area contributed by atoms with Crippen LogP contribution in [0.3, 0.4) is 0 Å². The van der Waals surface area contributed by atoms with Gasteiger partial charge in [0.05, 0.1) is 0 Å². The third-order valence-electron chi connectivity index (χ3n) is 2.24. The van der Waals surface area contributed by atoms with Crippen molar-refractivity contribution in [1.29, 1.82) is 0 Å². The highest BCUT2D eigenvalue weighted by Crippen LogP contribution is 2.24. The Morgan fingerprint density at radius 3 is 2.59 bits per heavy atom. The molecule has 0 aliphatic rings. The van der Waals surface area contributed by atoms with Crippen LogP contribution in [0, 0.1) is 5.82 Å². The van der Waals surface area contributed by atoms with Crippen LogP contribution < -0.4 is 5.73 Å². The predicted octanol–water partition coefficient (Wildman–Crippen LogP) is 2.04. The summed E-state index contributed by atoms with van der Waals surface area (Å²) in [5, 5.41) is 0.595. The number of nitrogens with one attached hydrogen (secondary N) is 1. The minimum atomic E-state index is -0.586. The van der Waals surface area contributed by atoms with E-state index in [0.29, 0.717) is 16.4 Å². The summed E-state index contributed by atoms with van der Waals surface area (Å²) in [6, 6.07) is 5.74. The van der Waals surface area contributed by atoms with Gasteiger partial charge in [0, 0.05) is 5.56 Å². The molecule has 2 rings (SSSR count). The number of aromatic amines is 1. The molecule has 6 heteroatoms. The number of hydrogen-bond acceptors (Lipinski definition) is 3. The average Bonchev–Trinajstić information content (AvgIpc) is 2.74. The normalized spacial score (nSPS) is 10.5. The van der Waals surface area contributed by atoms with E-state index in [1.807, 2.05) is 6.26 Å². The van der Waals surface area contributed by atoms with Crippen molar-refractivity contribution in [3.8, 4) is 11.3 Å². The first-order valence-corrected chi connectivity index (χ1v) is 6.04. The van der Waals surface area contributed by atoms with Crippen LogP contribution in [0.4, 0.5) is 4.39 Å². The first-order valence-electron chi connectivity index (χ1n) is 4.81. The SMILES string of the molecule is CSc1nc(-c2ccc(F)cc2)c(C(N)=O)[nH]1. The number of halogens is 1. The minimum absolute atomic E-state index is 0.237. The van der Waals surface area contributed by atoms with E-state index >= 15 is 0 Å². The number of primary amides is 1. The maximum Gasteiger partial charge on any atom is 0.267 e. The molecule has 0 radical (unpaired) electrons. The Balaban J connectivity index is 2.53. The fraction of sp³-hybridized carbons (Fsp3) is 0.0909. The number of imidazole rings is 1. The zero-order valence-electron chi connectivity index (χ0n) is 9.03. The molecule has 0 spiro atoms. The zero-order valence-corrected chi connectivity index (χ0v) is 9.84. The molecule has 2 aromatic rings. The molecular weight excluding hydrogens is 241 g/mol. The maximum absolute atomic E-state index is 12.8. The van der Waals surface area contributed by atoms with Crippen molar-refractivity contribution in [2.24, 2.45) is 5.73 Å². The van der Waals surface area contributed by atoms with Gasteiger partial charge in [-0.2, -0.15) is 0 Å². The summed E-state index contributed by atoms with van der Waals surface area (Å²) in [7, 11) is 0. The molecule has 0 saturated carbocycles. The second-order valence-electron chi connectivity index (χ2n) is 3.34. The molecule has 88 valence electrons. The van der Waals surface area contributed by atoms with E-state index in [1.165, 1.54) is 23.9 Å². The topological polar surface area (TPSA) is 71.8 Å². The number of carbonyl (C=O) groups is 1. The molecule has 1 heterocycles. The zero-order chi connectivity index (χ0) is 12.4. The lowest BCUT2D eigenvalue weighted by molar-refractivity contribution is 0.0996. The molecular formula is C11H10FN3OS. The van der Waals surface area contributed by atoms with Crippen LogP contribution in [0.15, 0.2) is 29.4 Å². The molecule has 4 nitrogen and oxygen atoms in total. The molecule has 1 aromatic carbocycles. The number of aromatic nitrogens is 2. The van der Waals surface area contributed by atoms with Crippen LogP contribution in [-0.2, 0) is 0 Å². The van der Waals surface area contributed by atoms with Crippen molar-refractivity contribution >= 4 is 17.7 Å². The molecule has 3 N–H and O–H groups in total. The van der Waals surface area contributed by atoms with Gasteiger partial charge < -0.3 is 10.7 Å². The number of nitrogens with zero attached hydrogens (tertiary/aromatic N) is 1. The Hall–Kier alpha value is -1.82. The summed E-state index contributed by atoms with van der Waals surface area (Å²) < 4.78 is 12.8. The van der Waals surface area contributed by atoms with Crippen molar-refractivity contribution in [2.45, 2.75) is 5.16 Å².